The van der Waals surface area contributed by atoms with Gasteiger partial charge in [0.15, 0.2) is 11.0 Å². The highest BCUT2D eigenvalue weighted by atomic mass is 32.2. The van der Waals surface area contributed by atoms with Crippen molar-refractivity contribution in [2.45, 2.75) is 45.1 Å². The molecule has 0 aliphatic heterocycles. The SMILES string of the molecule is Cc1ccc(C(=O)CSC(=Nc2ccccc2)N(C)C2CCCCC2)cc1. The van der Waals surface area contributed by atoms with Crippen LogP contribution in [0, 0.1) is 6.92 Å². The highest BCUT2D eigenvalue weighted by Crippen LogP contribution is 2.26. The van der Waals surface area contributed by atoms with Crippen LogP contribution in [-0.2, 0) is 0 Å². The largest absolute Gasteiger partial charge is 0.351 e. The molecule has 0 bridgehead atoms. The van der Waals surface area contributed by atoms with Gasteiger partial charge in [0.1, 0.15) is 0 Å². The van der Waals surface area contributed by atoms with Crippen LogP contribution in [-0.4, -0.2) is 34.7 Å². The lowest BCUT2D eigenvalue weighted by Crippen LogP contribution is -2.37. The summed E-state index contributed by atoms with van der Waals surface area (Å²) in [6.07, 6.45) is 6.29. The molecule has 2 aromatic carbocycles. The van der Waals surface area contributed by atoms with Gasteiger partial charge in [0, 0.05) is 18.7 Å². The first-order valence-electron chi connectivity index (χ1n) is 9.73. The zero-order valence-corrected chi connectivity index (χ0v) is 17.0. The summed E-state index contributed by atoms with van der Waals surface area (Å²) in [6.45, 7) is 2.03. The fourth-order valence-electron chi connectivity index (χ4n) is 3.40. The summed E-state index contributed by atoms with van der Waals surface area (Å²) >= 11 is 1.55. The predicted molar refractivity (Wildman–Crippen MR) is 116 cm³/mol. The van der Waals surface area contributed by atoms with Gasteiger partial charge < -0.3 is 4.90 Å². The zero-order chi connectivity index (χ0) is 19.1. The van der Waals surface area contributed by atoms with Gasteiger partial charge in [-0.05, 0) is 31.9 Å². The standard InChI is InChI=1S/C23H28N2OS/c1-18-13-15-19(16-14-18)22(26)17-27-23(24-20-9-5-3-6-10-20)25(2)21-11-7-4-8-12-21/h3,5-6,9-10,13-16,21H,4,7-8,11-12,17H2,1-2H3. The lowest BCUT2D eigenvalue weighted by Gasteiger charge is -2.33. The lowest BCUT2D eigenvalue weighted by atomic mass is 9.95. The number of nitrogens with zero attached hydrogens (tertiary/aromatic N) is 2. The maximum Gasteiger partial charge on any atom is 0.173 e. The first kappa shape index (κ1) is 19.7. The first-order chi connectivity index (χ1) is 13.1. The van der Waals surface area contributed by atoms with E-state index in [0.717, 1.165) is 16.4 Å². The van der Waals surface area contributed by atoms with Crippen molar-refractivity contribution in [1.29, 1.82) is 0 Å². The molecule has 0 radical (unpaired) electrons. The minimum atomic E-state index is 0.151. The predicted octanol–water partition coefficient (Wildman–Crippen LogP) is 5.86. The molecule has 2 aromatic rings. The fourth-order valence-corrected chi connectivity index (χ4v) is 4.35. The van der Waals surface area contributed by atoms with Crippen LogP contribution >= 0.6 is 11.8 Å². The van der Waals surface area contributed by atoms with E-state index in [1.54, 1.807) is 11.8 Å². The topological polar surface area (TPSA) is 32.7 Å². The van der Waals surface area contributed by atoms with Gasteiger partial charge in [-0.3, -0.25) is 4.79 Å². The van der Waals surface area contributed by atoms with Crippen molar-refractivity contribution in [3.05, 3.63) is 65.7 Å². The summed E-state index contributed by atoms with van der Waals surface area (Å²) in [6, 6.07) is 18.3. The van der Waals surface area contributed by atoms with Crippen molar-refractivity contribution in [3.8, 4) is 0 Å². The van der Waals surface area contributed by atoms with Gasteiger partial charge in [-0.15, -0.1) is 0 Å². The molecule has 0 saturated heterocycles. The summed E-state index contributed by atoms with van der Waals surface area (Å²) < 4.78 is 0. The number of hydrogen-bond donors (Lipinski definition) is 0. The Morgan fingerprint density at radius 2 is 1.70 bits per heavy atom. The highest BCUT2D eigenvalue weighted by Gasteiger charge is 2.22. The smallest absolute Gasteiger partial charge is 0.173 e. The molecule has 3 rings (SSSR count). The molecule has 0 aromatic heterocycles. The second-order valence-corrected chi connectivity index (χ2v) is 8.15. The fraction of sp³-hybridized carbons (Fsp3) is 0.391. The third-order valence-electron chi connectivity index (χ3n) is 5.11. The van der Waals surface area contributed by atoms with Gasteiger partial charge in [-0.1, -0.05) is 79.1 Å². The minimum Gasteiger partial charge on any atom is -0.351 e. The Kier molecular flexibility index (Phi) is 7.11. The number of aryl methyl sites for hydroxylation is 1. The van der Waals surface area contributed by atoms with Crippen LogP contribution in [0.15, 0.2) is 59.6 Å². The van der Waals surface area contributed by atoms with Crippen LogP contribution in [0.5, 0.6) is 0 Å². The number of para-hydroxylation sites is 1. The molecule has 0 unspecified atom stereocenters. The molecular formula is C23H28N2OS. The van der Waals surface area contributed by atoms with Crippen molar-refractivity contribution in [2.75, 3.05) is 12.8 Å². The quantitative estimate of drug-likeness (QED) is 0.370. The summed E-state index contributed by atoms with van der Waals surface area (Å²) in [5.41, 5.74) is 2.88. The van der Waals surface area contributed by atoms with Crippen molar-refractivity contribution in [2.24, 2.45) is 4.99 Å². The first-order valence-corrected chi connectivity index (χ1v) is 10.7. The van der Waals surface area contributed by atoms with Crippen LogP contribution < -0.4 is 0 Å². The Morgan fingerprint density at radius 1 is 1.04 bits per heavy atom. The summed E-state index contributed by atoms with van der Waals surface area (Å²) in [5, 5.41) is 0.938. The van der Waals surface area contributed by atoms with Gasteiger partial charge in [-0.2, -0.15) is 0 Å². The lowest BCUT2D eigenvalue weighted by molar-refractivity contribution is 0.102. The summed E-state index contributed by atoms with van der Waals surface area (Å²) in [4.78, 5) is 19.8. The van der Waals surface area contributed by atoms with Crippen molar-refractivity contribution < 1.29 is 4.79 Å². The van der Waals surface area contributed by atoms with Crippen LogP contribution in [0.3, 0.4) is 0 Å². The molecule has 0 atom stereocenters. The van der Waals surface area contributed by atoms with E-state index >= 15 is 0 Å². The number of thioether (sulfide) groups is 1. The van der Waals surface area contributed by atoms with Crippen LogP contribution in [0.1, 0.15) is 48.0 Å². The van der Waals surface area contributed by atoms with Gasteiger partial charge in [-0.25, -0.2) is 4.99 Å². The Morgan fingerprint density at radius 3 is 2.37 bits per heavy atom. The maximum absolute atomic E-state index is 12.6. The van der Waals surface area contributed by atoms with Gasteiger partial charge in [0.25, 0.3) is 0 Å². The normalized spacial score (nSPS) is 15.6. The minimum absolute atomic E-state index is 0.151. The van der Waals surface area contributed by atoms with Crippen molar-refractivity contribution in [3.63, 3.8) is 0 Å². The van der Waals surface area contributed by atoms with E-state index in [2.05, 4.69) is 11.9 Å². The number of aliphatic imine (C=N–C) groups is 1. The van der Waals surface area contributed by atoms with Gasteiger partial charge >= 0.3 is 0 Å². The third kappa shape index (κ3) is 5.70. The van der Waals surface area contributed by atoms with Crippen molar-refractivity contribution >= 4 is 28.4 Å². The number of hydrogen-bond acceptors (Lipinski definition) is 3. The van der Waals surface area contributed by atoms with Crippen LogP contribution in [0.25, 0.3) is 0 Å². The average molecular weight is 381 g/mol. The van der Waals surface area contributed by atoms with E-state index in [1.165, 1.54) is 37.7 Å². The average Bonchev–Trinajstić information content (AvgIpc) is 2.72. The number of rotatable bonds is 5. The zero-order valence-electron chi connectivity index (χ0n) is 16.2. The highest BCUT2D eigenvalue weighted by molar-refractivity contribution is 8.14. The Balaban J connectivity index is 1.74. The molecule has 1 fully saturated rings. The molecule has 142 valence electrons. The van der Waals surface area contributed by atoms with E-state index in [9.17, 15) is 4.79 Å². The molecule has 3 nitrogen and oxygen atoms in total. The second-order valence-electron chi connectivity index (χ2n) is 7.21. The van der Waals surface area contributed by atoms with Crippen LogP contribution in [0.2, 0.25) is 0 Å². The molecule has 4 heteroatoms. The van der Waals surface area contributed by atoms with E-state index < -0.39 is 0 Å². The molecule has 1 saturated carbocycles. The molecule has 27 heavy (non-hydrogen) atoms. The van der Waals surface area contributed by atoms with E-state index in [1.807, 2.05) is 61.5 Å². The van der Waals surface area contributed by atoms with E-state index in [-0.39, 0.29) is 5.78 Å². The molecule has 1 aliphatic carbocycles. The molecule has 0 heterocycles. The molecule has 1 aliphatic rings. The monoisotopic (exact) mass is 380 g/mol. The number of Topliss-reactive ketones (excluding diaryl/α,β-unsaturated/α-hetero) is 1. The third-order valence-corrected chi connectivity index (χ3v) is 6.15. The Bertz CT molecular complexity index is 765. The Hall–Kier alpha value is -2.07. The van der Waals surface area contributed by atoms with Crippen molar-refractivity contribution in [1.82, 2.24) is 4.90 Å². The van der Waals surface area contributed by atoms with Gasteiger partial charge in [0.05, 0.1) is 11.4 Å². The van der Waals surface area contributed by atoms with E-state index in [0.29, 0.717) is 11.8 Å². The van der Waals surface area contributed by atoms with E-state index in [4.69, 9.17) is 4.99 Å². The second kappa shape index (κ2) is 9.75. The molecular weight excluding hydrogens is 352 g/mol. The maximum atomic E-state index is 12.6. The number of carbonyl (C=O) groups is 1. The summed E-state index contributed by atoms with van der Waals surface area (Å²) in [7, 11) is 2.13. The number of benzene rings is 2. The number of carbonyl (C=O) groups excluding carboxylic acids is 1. The van der Waals surface area contributed by atoms with Gasteiger partial charge in [0.2, 0.25) is 0 Å². The van der Waals surface area contributed by atoms with Crippen LogP contribution in [0.4, 0.5) is 5.69 Å². The Labute approximate surface area is 166 Å². The number of amidine groups is 1. The molecule has 0 spiro atoms. The molecule has 0 N–H and O–H groups in total. The molecule has 0 amide bonds. The number of ketones is 1. The summed E-state index contributed by atoms with van der Waals surface area (Å²) in [5.74, 6) is 0.559.